The van der Waals surface area contributed by atoms with Crippen LogP contribution in [0, 0.1) is 0 Å². The Hall–Kier alpha value is -2.90. The van der Waals surface area contributed by atoms with Crippen molar-refractivity contribution in [2.45, 2.75) is 6.18 Å². The zero-order valence-electron chi connectivity index (χ0n) is 11.9. The maximum absolute atomic E-state index is 13.3. The number of nitrogens with zero attached hydrogens (tertiary/aromatic N) is 4. The molecule has 0 unspecified atom stereocenters. The number of aromatic nitrogens is 4. The number of halogens is 3. The lowest BCUT2D eigenvalue weighted by molar-refractivity contribution is -0.137. The van der Waals surface area contributed by atoms with Crippen LogP contribution in [0.2, 0.25) is 0 Å². The predicted octanol–water partition coefficient (Wildman–Crippen LogP) is 3.36. The highest BCUT2D eigenvalue weighted by atomic mass is 19.4. The summed E-state index contributed by atoms with van der Waals surface area (Å²) in [6, 6.07) is 9.62. The van der Waals surface area contributed by atoms with Crippen LogP contribution in [0.15, 0.2) is 48.9 Å². The summed E-state index contributed by atoms with van der Waals surface area (Å²) in [5.74, 6) is -0.0643. The average molecular weight is 320 g/mol. The summed E-state index contributed by atoms with van der Waals surface area (Å²) in [6.07, 6.45) is -2.28. The van der Waals surface area contributed by atoms with E-state index in [1.807, 2.05) is 0 Å². The van der Waals surface area contributed by atoms with E-state index in [1.54, 1.807) is 30.3 Å². The van der Waals surface area contributed by atoms with Gasteiger partial charge in [-0.15, -0.1) is 0 Å². The van der Waals surface area contributed by atoms with Gasteiger partial charge in [0.2, 0.25) is 5.88 Å². The van der Waals surface area contributed by atoms with Crippen LogP contribution in [0.4, 0.5) is 13.2 Å². The molecular formula is C15H11F3N4O. The molecule has 8 heteroatoms. The SMILES string of the molecule is COc1cc(C(F)(F)F)c(-c2ncnn2-c2ccccc2)cn1. The van der Waals surface area contributed by atoms with Crippen molar-refractivity contribution in [3.05, 3.63) is 54.5 Å². The predicted molar refractivity (Wildman–Crippen MR) is 76.1 cm³/mol. The third-order valence-electron chi connectivity index (χ3n) is 3.18. The highest BCUT2D eigenvalue weighted by Crippen LogP contribution is 2.37. The number of hydrogen-bond donors (Lipinski definition) is 0. The molecule has 3 rings (SSSR count). The van der Waals surface area contributed by atoms with E-state index in [-0.39, 0.29) is 17.3 Å². The Kier molecular flexibility index (Phi) is 3.73. The molecule has 0 aliphatic rings. The van der Waals surface area contributed by atoms with Crippen LogP contribution < -0.4 is 4.74 Å². The topological polar surface area (TPSA) is 52.8 Å². The molecular weight excluding hydrogens is 309 g/mol. The Bertz CT molecular complexity index is 815. The molecule has 2 heterocycles. The summed E-state index contributed by atoms with van der Waals surface area (Å²) in [4.78, 5) is 7.82. The Morgan fingerprint density at radius 1 is 1.09 bits per heavy atom. The van der Waals surface area contributed by atoms with E-state index in [1.165, 1.54) is 18.1 Å². The first kappa shape index (κ1) is 15.0. The lowest BCUT2D eigenvalue weighted by Crippen LogP contribution is -2.10. The van der Waals surface area contributed by atoms with Gasteiger partial charge in [0, 0.05) is 12.3 Å². The van der Waals surface area contributed by atoms with Crippen LogP contribution in [0.5, 0.6) is 5.88 Å². The summed E-state index contributed by atoms with van der Waals surface area (Å²) < 4.78 is 46.2. The van der Waals surface area contributed by atoms with Gasteiger partial charge in [0.1, 0.15) is 6.33 Å². The van der Waals surface area contributed by atoms with Gasteiger partial charge < -0.3 is 4.74 Å². The number of methoxy groups -OCH3 is 1. The molecule has 0 bridgehead atoms. The van der Waals surface area contributed by atoms with E-state index >= 15 is 0 Å². The largest absolute Gasteiger partial charge is 0.481 e. The first-order chi connectivity index (χ1) is 11.0. The van der Waals surface area contributed by atoms with Crippen molar-refractivity contribution in [2.24, 2.45) is 0 Å². The molecule has 0 aliphatic carbocycles. The van der Waals surface area contributed by atoms with Crippen molar-refractivity contribution in [1.29, 1.82) is 0 Å². The Labute approximate surface area is 129 Å². The van der Waals surface area contributed by atoms with Crippen molar-refractivity contribution in [1.82, 2.24) is 19.7 Å². The number of pyridine rings is 1. The second-order valence-corrected chi connectivity index (χ2v) is 4.60. The number of para-hydroxylation sites is 1. The molecule has 0 N–H and O–H groups in total. The minimum Gasteiger partial charge on any atom is -0.481 e. The van der Waals surface area contributed by atoms with Crippen molar-refractivity contribution in [2.75, 3.05) is 7.11 Å². The zero-order valence-corrected chi connectivity index (χ0v) is 11.9. The third-order valence-corrected chi connectivity index (χ3v) is 3.18. The molecule has 0 radical (unpaired) electrons. The average Bonchev–Trinajstić information content (AvgIpc) is 3.03. The number of rotatable bonds is 3. The van der Waals surface area contributed by atoms with Crippen LogP contribution in [0.25, 0.3) is 17.1 Å². The summed E-state index contributed by atoms with van der Waals surface area (Å²) in [7, 11) is 1.26. The van der Waals surface area contributed by atoms with Gasteiger partial charge in [-0.25, -0.2) is 14.6 Å². The van der Waals surface area contributed by atoms with Gasteiger partial charge in [-0.2, -0.15) is 18.3 Å². The zero-order chi connectivity index (χ0) is 16.4. The summed E-state index contributed by atoms with van der Waals surface area (Å²) in [5.41, 5.74) is -0.446. The molecule has 0 spiro atoms. The van der Waals surface area contributed by atoms with E-state index in [4.69, 9.17) is 4.74 Å². The molecule has 5 nitrogen and oxygen atoms in total. The lowest BCUT2D eigenvalue weighted by Gasteiger charge is -2.14. The van der Waals surface area contributed by atoms with Gasteiger partial charge in [0.15, 0.2) is 5.82 Å². The molecule has 0 amide bonds. The number of alkyl halides is 3. The quantitative estimate of drug-likeness (QED) is 0.742. The smallest absolute Gasteiger partial charge is 0.417 e. The molecule has 23 heavy (non-hydrogen) atoms. The van der Waals surface area contributed by atoms with Gasteiger partial charge in [-0.1, -0.05) is 18.2 Å². The molecule has 0 aliphatic heterocycles. The number of ether oxygens (including phenoxy) is 1. The fourth-order valence-electron chi connectivity index (χ4n) is 2.14. The second kappa shape index (κ2) is 5.71. The Morgan fingerprint density at radius 3 is 2.48 bits per heavy atom. The van der Waals surface area contributed by atoms with E-state index in [0.717, 1.165) is 12.3 Å². The van der Waals surface area contributed by atoms with Crippen LogP contribution in [0.3, 0.4) is 0 Å². The molecule has 0 fully saturated rings. The molecule has 118 valence electrons. The number of benzene rings is 1. The van der Waals surface area contributed by atoms with Crippen molar-refractivity contribution >= 4 is 0 Å². The van der Waals surface area contributed by atoms with Crippen LogP contribution in [-0.4, -0.2) is 26.9 Å². The van der Waals surface area contributed by atoms with Gasteiger partial charge >= 0.3 is 6.18 Å². The van der Waals surface area contributed by atoms with Crippen molar-refractivity contribution in [3.63, 3.8) is 0 Å². The lowest BCUT2D eigenvalue weighted by atomic mass is 10.1. The normalized spacial score (nSPS) is 11.5. The minimum absolute atomic E-state index is 0.0543. The first-order valence-corrected chi connectivity index (χ1v) is 6.58. The standard InChI is InChI=1S/C15H11F3N4O/c1-23-13-7-12(15(16,17)18)11(8-19-13)14-20-9-21-22(14)10-5-3-2-4-6-10/h2-9H,1H3. The molecule has 2 aromatic heterocycles. The van der Waals surface area contributed by atoms with E-state index in [9.17, 15) is 13.2 Å². The van der Waals surface area contributed by atoms with Crippen LogP contribution in [-0.2, 0) is 6.18 Å². The van der Waals surface area contributed by atoms with E-state index < -0.39 is 11.7 Å². The molecule has 3 aromatic rings. The summed E-state index contributed by atoms with van der Waals surface area (Å²) >= 11 is 0. The van der Waals surface area contributed by atoms with Crippen molar-refractivity contribution in [3.8, 4) is 23.0 Å². The molecule has 1 aromatic carbocycles. The van der Waals surface area contributed by atoms with Gasteiger partial charge in [-0.05, 0) is 12.1 Å². The highest BCUT2D eigenvalue weighted by molar-refractivity contribution is 5.63. The van der Waals surface area contributed by atoms with Gasteiger partial charge in [0.25, 0.3) is 0 Å². The third kappa shape index (κ3) is 2.87. The second-order valence-electron chi connectivity index (χ2n) is 4.60. The van der Waals surface area contributed by atoms with Gasteiger partial charge in [-0.3, -0.25) is 0 Å². The van der Waals surface area contributed by atoms with Gasteiger partial charge in [0.05, 0.1) is 23.9 Å². The summed E-state index contributed by atoms with van der Waals surface area (Å²) in [6.45, 7) is 0. The highest BCUT2D eigenvalue weighted by Gasteiger charge is 2.36. The first-order valence-electron chi connectivity index (χ1n) is 6.58. The maximum atomic E-state index is 13.3. The number of hydrogen-bond acceptors (Lipinski definition) is 4. The molecule has 0 saturated carbocycles. The summed E-state index contributed by atoms with van der Waals surface area (Å²) in [5, 5.41) is 4.01. The van der Waals surface area contributed by atoms with E-state index in [0.29, 0.717) is 5.69 Å². The molecule has 0 saturated heterocycles. The molecule has 0 atom stereocenters. The van der Waals surface area contributed by atoms with Crippen LogP contribution >= 0.6 is 0 Å². The minimum atomic E-state index is -4.57. The Balaban J connectivity index is 2.19. The Morgan fingerprint density at radius 2 is 1.83 bits per heavy atom. The fourth-order valence-corrected chi connectivity index (χ4v) is 2.14. The van der Waals surface area contributed by atoms with E-state index in [2.05, 4.69) is 15.1 Å². The van der Waals surface area contributed by atoms with Crippen molar-refractivity contribution < 1.29 is 17.9 Å². The monoisotopic (exact) mass is 320 g/mol. The maximum Gasteiger partial charge on any atom is 0.417 e. The fraction of sp³-hybridized carbons (Fsp3) is 0.133. The van der Waals surface area contributed by atoms with Crippen LogP contribution in [0.1, 0.15) is 5.56 Å².